The van der Waals surface area contributed by atoms with Crippen LogP contribution in [0.15, 0.2) is 48.5 Å². The third-order valence-electron chi connectivity index (χ3n) is 4.82. The lowest BCUT2D eigenvalue weighted by molar-refractivity contribution is -0.123. The highest BCUT2D eigenvalue weighted by Gasteiger charge is 2.34. The SMILES string of the molecule is COc1ccccc1[C@@H]1N[C@H](C(=O)NN)Cc2c1[nH]c1ccccc21. The van der Waals surface area contributed by atoms with Crippen LogP contribution in [0.4, 0.5) is 0 Å². The van der Waals surface area contributed by atoms with Gasteiger partial charge in [-0.2, -0.15) is 0 Å². The van der Waals surface area contributed by atoms with E-state index in [4.69, 9.17) is 10.6 Å². The number of amides is 1. The Hall–Kier alpha value is -2.83. The monoisotopic (exact) mass is 336 g/mol. The van der Waals surface area contributed by atoms with Crippen LogP contribution in [-0.4, -0.2) is 24.0 Å². The second kappa shape index (κ2) is 6.23. The summed E-state index contributed by atoms with van der Waals surface area (Å²) in [5, 5.41) is 4.54. The molecule has 0 bridgehead atoms. The summed E-state index contributed by atoms with van der Waals surface area (Å²) in [4.78, 5) is 15.7. The van der Waals surface area contributed by atoms with Crippen LogP contribution in [-0.2, 0) is 11.2 Å². The van der Waals surface area contributed by atoms with Crippen molar-refractivity contribution in [3.8, 4) is 5.75 Å². The van der Waals surface area contributed by atoms with Crippen molar-refractivity contribution in [1.29, 1.82) is 0 Å². The van der Waals surface area contributed by atoms with Gasteiger partial charge in [-0.3, -0.25) is 15.5 Å². The molecule has 0 saturated heterocycles. The van der Waals surface area contributed by atoms with Gasteiger partial charge in [0, 0.05) is 22.2 Å². The van der Waals surface area contributed by atoms with Crippen LogP contribution < -0.4 is 21.3 Å². The lowest BCUT2D eigenvalue weighted by atomic mass is 9.89. The Morgan fingerprint density at radius 3 is 2.76 bits per heavy atom. The quantitative estimate of drug-likeness (QED) is 0.333. The second-order valence-electron chi connectivity index (χ2n) is 6.17. The summed E-state index contributed by atoms with van der Waals surface area (Å²) in [6.45, 7) is 0. The molecule has 1 aliphatic rings. The van der Waals surface area contributed by atoms with Gasteiger partial charge in [-0.15, -0.1) is 0 Å². The van der Waals surface area contributed by atoms with Crippen LogP contribution in [0.2, 0.25) is 0 Å². The van der Waals surface area contributed by atoms with Gasteiger partial charge in [-0.05, 0) is 24.1 Å². The van der Waals surface area contributed by atoms with E-state index >= 15 is 0 Å². The van der Waals surface area contributed by atoms with Crippen LogP contribution in [0.5, 0.6) is 5.75 Å². The number of aromatic nitrogens is 1. The molecule has 2 atom stereocenters. The number of aromatic amines is 1. The zero-order valence-electron chi connectivity index (χ0n) is 13.9. The summed E-state index contributed by atoms with van der Waals surface area (Å²) < 4.78 is 5.53. The molecule has 0 fully saturated rings. The summed E-state index contributed by atoms with van der Waals surface area (Å²) in [6.07, 6.45) is 0.577. The third-order valence-corrected chi connectivity index (χ3v) is 4.82. The average Bonchev–Trinajstić information content (AvgIpc) is 3.05. The van der Waals surface area contributed by atoms with Gasteiger partial charge in [-0.25, -0.2) is 5.84 Å². The molecule has 0 spiro atoms. The maximum atomic E-state index is 12.2. The van der Waals surface area contributed by atoms with Gasteiger partial charge < -0.3 is 9.72 Å². The molecule has 0 radical (unpaired) electrons. The fourth-order valence-corrected chi connectivity index (χ4v) is 3.65. The second-order valence-corrected chi connectivity index (χ2v) is 6.17. The number of hydrogen-bond acceptors (Lipinski definition) is 4. The summed E-state index contributed by atoms with van der Waals surface area (Å²) in [7, 11) is 1.65. The summed E-state index contributed by atoms with van der Waals surface area (Å²) in [5.41, 5.74) is 6.50. The first-order chi connectivity index (χ1) is 12.2. The molecule has 0 aliphatic carbocycles. The van der Waals surface area contributed by atoms with E-state index in [0.29, 0.717) is 6.42 Å². The molecule has 4 rings (SSSR count). The number of methoxy groups -OCH3 is 1. The van der Waals surface area contributed by atoms with Gasteiger partial charge in [0.05, 0.1) is 19.2 Å². The topological polar surface area (TPSA) is 92.2 Å². The van der Waals surface area contributed by atoms with E-state index in [0.717, 1.165) is 33.5 Å². The van der Waals surface area contributed by atoms with Gasteiger partial charge in [0.15, 0.2) is 0 Å². The molecule has 6 nitrogen and oxygen atoms in total. The smallest absolute Gasteiger partial charge is 0.251 e. The Morgan fingerprint density at radius 1 is 1.20 bits per heavy atom. The Morgan fingerprint density at radius 2 is 1.96 bits per heavy atom. The molecule has 1 amide bonds. The highest BCUT2D eigenvalue weighted by Crippen LogP contribution is 2.38. The van der Waals surface area contributed by atoms with E-state index in [1.54, 1.807) is 7.11 Å². The van der Waals surface area contributed by atoms with Crippen molar-refractivity contribution in [2.45, 2.75) is 18.5 Å². The number of nitrogens with two attached hydrogens (primary N) is 1. The number of H-pyrrole nitrogens is 1. The van der Waals surface area contributed by atoms with Crippen molar-refractivity contribution in [2.75, 3.05) is 7.11 Å². The Kier molecular flexibility index (Phi) is 3.91. The zero-order valence-corrected chi connectivity index (χ0v) is 13.9. The number of benzene rings is 2. The summed E-state index contributed by atoms with van der Waals surface area (Å²) in [6, 6.07) is 15.4. The normalized spacial score (nSPS) is 19.4. The summed E-state index contributed by atoms with van der Waals surface area (Å²) in [5.74, 6) is 5.93. The first kappa shape index (κ1) is 15.7. The van der Waals surface area contributed by atoms with Crippen molar-refractivity contribution in [2.24, 2.45) is 5.84 Å². The number of hydrogen-bond donors (Lipinski definition) is 4. The van der Waals surface area contributed by atoms with Gasteiger partial charge in [0.1, 0.15) is 5.75 Å². The number of fused-ring (bicyclic) bond motifs is 3. The standard InChI is InChI=1S/C19H20N4O2/c1-25-16-9-5-3-7-12(16)17-18-13(10-15(22-17)19(24)23-20)11-6-2-4-8-14(11)21-18/h2-9,15,17,21-22H,10,20H2,1H3,(H,23,24)/t15-,17-/m0/s1. The van der Waals surface area contributed by atoms with Crippen molar-refractivity contribution in [3.05, 3.63) is 65.4 Å². The molecule has 0 unspecified atom stereocenters. The summed E-state index contributed by atoms with van der Waals surface area (Å²) >= 11 is 0. The maximum absolute atomic E-state index is 12.2. The van der Waals surface area contributed by atoms with Gasteiger partial charge in [0.2, 0.25) is 0 Å². The molecule has 0 saturated carbocycles. The number of ether oxygens (including phenoxy) is 1. The minimum Gasteiger partial charge on any atom is -0.496 e. The van der Waals surface area contributed by atoms with Crippen molar-refractivity contribution >= 4 is 16.8 Å². The predicted octanol–water partition coefficient (Wildman–Crippen LogP) is 1.77. The van der Waals surface area contributed by atoms with Crippen LogP contribution in [0.1, 0.15) is 22.9 Å². The van der Waals surface area contributed by atoms with E-state index in [1.165, 1.54) is 0 Å². The van der Waals surface area contributed by atoms with Gasteiger partial charge in [-0.1, -0.05) is 36.4 Å². The minimum absolute atomic E-state index is 0.186. The van der Waals surface area contributed by atoms with Crippen LogP contribution in [0.25, 0.3) is 10.9 Å². The largest absolute Gasteiger partial charge is 0.496 e. The Balaban J connectivity index is 1.90. The van der Waals surface area contributed by atoms with E-state index in [2.05, 4.69) is 21.8 Å². The fourth-order valence-electron chi connectivity index (χ4n) is 3.65. The Bertz CT molecular complexity index is 934. The first-order valence-electron chi connectivity index (χ1n) is 8.22. The highest BCUT2D eigenvalue weighted by molar-refractivity contribution is 5.88. The number of carbonyl (C=O) groups excluding carboxylic acids is 1. The number of nitrogens with one attached hydrogen (secondary N) is 3. The minimum atomic E-state index is -0.411. The van der Waals surface area contributed by atoms with Crippen LogP contribution in [0.3, 0.4) is 0 Å². The fraction of sp³-hybridized carbons (Fsp3) is 0.211. The van der Waals surface area contributed by atoms with E-state index in [9.17, 15) is 4.79 Å². The molecular formula is C19H20N4O2. The van der Waals surface area contributed by atoms with Crippen LogP contribution in [0, 0.1) is 0 Å². The molecule has 25 heavy (non-hydrogen) atoms. The number of hydrazine groups is 1. The third kappa shape index (κ3) is 2.56. The maximum Gasteiger partial charge on any atom is 0.251 e. The molecule has 6 heteroatoms. The average molecular weight is 336 g/mol. The number of rotatable bonds is 3. The lowest BCUT2D eigenvalue weighted by Crippen LogP contribution is -2.51. The van der Waals surface area contributed by atoms with E-state index in [1.807, 2.05) is 42.5 Å². The molecular weight excluding hydrogens is 316 g/mol. The van der Waals surface area contributed by atoms with Crippen molar-refractivity contribution in [3.63, 3.8) is 0 Å². The predicted molar refractivity (Wildman–Crippen MR) is 96.1 cm³/mol. The Labute approximate surface area is 145 Å². The van der Waals surface area contributed by atoms with Crippen molar-refractivity contribution in [1.82, 2.24) is 15.7 Å². The lowest BCUT2D eigenvalue weighted by Gasteiger charge is -2.31. The molecule has 5 N–H and O–H groups in total. The zero-order chi connectivity index (χ0) is 17.4. The van der Waals surface area contributed by atoms with E-state index in [-0.39, 0.29) is 11.9 Å². The molecule has 1 aliphatic heterocycles. The highest BCUT2D eigenvalue weighted by atomic mass is 16.5. The molecule has 2 heterocycles. The van der Waals surface area contributed by atoms with Crippen molar-refractivity contribution < 1.29 is 9.53 Å². The number of para-hydroxylation sites is 2. The molecule has 3 aromatic rings. The van der Waals surface area contributed by atoms with E-state index < -0.39 is 6.04 Å². The first-order valence-corrected chi connectivity index (χ1v) is 8.22. The molecule has 1 aromatic heterocycles. The molecule has 2 aromatic carbocycles. The molecule has 128 valence electrons. The van der Waals surface area contributed by atoms with Crippen LogP contribution >= 0.6 is 0 Å². The van der Waals surface area contributed by atoms with Gasteiger partial charge in [0.25, 0.3) is 5.91 Å². The van der Waals surface area contributed by atoms with Gasteiger partial charge >= 0.3 is 0 Å². The number of carbonyl (C=O) groups is 1.